The molecule has 2 aliphatic rings. The van der Waals surface area contributed by atoms with E-state index in [1.165, 1.54) is 25.5 Å². The summed E-state index contributed by atoms with van der Waals surface area (Å²) in [6, 6.07) is 3.41. The summed E-state index contributed by atoms with van der Waals surface area (Å²) in [6.07, 6.45) is 7.76. The number of hydrogen-bond acceptors (Lipinski definition) is 5. The van der Waals surface area contributed by atoms with E-state index in [-0.39, 0.29) is 6.04 Å². The standard InChI is InChI=1S/C16H25N3O2S2/c20-23(21,16-6-4-7-17-12-16)19-10-5-11-22-14-15(19)13-18-8-2-1-3-9-18/h4,6-7,12,15H,1-3,5,8-11,13-14H2. The third-order valence-electron chi connectivity index (χ3n) is 4.54. The van der Waals surface area contributed by atoms with Gasteiger partial charge < -0.3 is 4.90 Å². The van der Waals surface area contributed by atoms with E-state index >= 15 is 0 Å². The molecule has 1 atom stereocenters. The fourth-order valence-electron chi connectivity index (χ4n) is 3.34. The highest BCUT2D eigenvalue weighted by molar-refractivity contribution is 7.99. The molecule has 0 aliphatic carbocycles. The van der Waals surface area contributed by atoms with Gasteiger partial charge in [0, 0.05) is 37.3 Å². The smallest absolute Gasteiger partial charge is 0.244 e. The van der Waals surface area contributed by atoms with Crippen LogP contribution >= 0.6 is 11.8 Å². The van der Waals surface area contributed by atoms with Crippen molar-refractivity contribution in [2.45, 2.75) is 36.6 Å². The Morgan fingerprint density at radius 2 is 2.00 bits per heavy atom. The molecule has 0 saturated carbocycles. The Labute approximate surface area is 143 Å². The van der Waals surface area contributed by atoms with Crippen molar-refractivity contribution in [3.63, 3.8) is 0 Å². The summed E-state index contributed by atoms with van der Waals surface area (Å²) in [5.41, 5.74) is 0. The number of aromatic nitrogens is 1. The maximum Gasteiger partial charge on any atom is 0.244 e. The Morgan fingerprint density at radius 3 is 2.74 bits per heavy atom. The van der Waals surface area contributed by atoms with Gasteiger partial charge in [0.1, 0.15) is 4.90 Å². The van der Waals surface area contributed by atoms with Gasteiger partial charge in [-0.15, -0.1) is 0 Å². The monoisotopic (exact) mass is 355 g/mol. The lowest BCUT2D eigenvalue weighted by atomic mass is 10.1. The minimum atomic E-state index is -3.45. The molecule has 0 spiro atoms. The molecule has 128 valence electrons. The highest BCUT2D eigenvalue weighted by atomic mass is 32.2. The van der Waals surface area contributed by atoms with Crippen molar-refractivity contribution in [1.29, 1.82) is 0 Å². The molecular formula is C16H25N3O2S2. The summed E-state index contributed by atoms with van der Waals surface area (Å²) < 4.78 is 27.8. The van der Waals surface area contributed by atoms with E-state index in [9.17, 15) is 8.42 Å². The van der Waals surface area contributed by atoms with Crippen LogP contribution in [-0.2, 0) is 10.0 Å². The molecule has 1 unspecified atom stereocenters. The summed E-state index contributed by atoms with van der Waals surface area (Å²) in [7, 11) is -3.45. The van der Waals surface area contributed by atoms with Gasteiger partial charge in [0.25, 0.3) is 0 Å². The predicted molar refractivity (Wildman–Crippen MR) is 94.1 cm³/mol. The molecule has 2 fully saturated rings. The second-order valence-corrected chi connectivity index (χ2v) is 9.29. The zero-order chi connectivity index (χ0) is 16.1. The lowest BCUT2D eigenvalue weighted by molar-refractivity contribution is 0.183. The van der Waals surface area contributed by atoms with E-state index < -0.39 is 10.0 Å². The fraction of sp³-hybridized carbons (Fsp3) is 0.688. The summed E-state index contributed by atoms with van der Waals surface area (Å²) in [6.45, 7) is 3.67. The quantitative estimate of drug-likeness (QED) is 0.827. The summed E-state index contributed by atoms with van der Waals surface area (Å²) >= 11 is 1.88. The molecule has 23 heavy (non-hydrogen) atoms. The molecule has 0 bridgehead atoms. The van der Waals surface area contributed by atoms with Crippen molar-refractivity contribution in [2.75, 3.05) is 37.7 Å². The van der Waals surface area contributed by atoms with Crippen LogP contribution < -0.4 is 0 Å². The zero-order valence-corrected chi connectivity index (χ0v) is 15.1. The minimum absolute atomic E-state index is 0.0609. The maximum absolute atomic E-state index is 13.1. The highest BCUT2D eigenvalue weighted by Crippen LogP contribution is 2.25. The van der Waals surface area contributed by atoms with E-state index in [4.69, 9.17) is 0 Å². The normalized spacial score (nSPS) is 25.1. The number of sulfonamides is 1. The molecule has 0 amide bonds. The molecule has 3 rings (SSSR count). The van der Waals surface area contributed by atoms with Crippen LogP contribution in [0.3, 0.4) is 0 Å². The first-order valence-electron chi connectivity index (χ1n) is 8.40. The van der Waals surface area contributed by atoms with Gasteiger partial charge in [-0.1, -0.05) is 6.42 Å². The van der Waals surface area contributed by atoms with Crippen LogP contribution in [0.4, 0.5) is 0 Å². The van der Waals surface area contributed by atoms with Crippen LogP contribution in [0.5, 0.6) is 0 Å². The van der Waals surface area contributed by atoms with Crippen LogP contribution in [-0.4, -0.2) is 66.3 Å². The first-order valence-corrected chi connectivity index (χ1v) is 11.0. The molecule has 2 aliphatic heterocycles. The van der Waals surface area contributed by atoms with Crippen molar-refractivity contribution >= 4 is 21.8 Å². The first-order chi connectivity index (χ1) is 11.2. The van der Waals surface area contributed by atoms with Gasteiger partial charge in [-0.3, -0.25) is 4.98 Å². The molecular weight excluding hydrogens is 330 g/mol. The fourth-order valence-corrected chi connectivity index (χ4v) is 6.11. The molecule has 0 aromatic carbocycles. The third-order valence-corrected chi connectivity index (χ3v) is 7.68. The average molecular weight is 356 g/mol. The summed E-state index contributed by atoms with van der Waals surface area (Å²) in [5, 5.41) is 0. The highest BCUT2D eigenvalue weighted by Gasteiger charge is 2.34. The Hall–Kier alpha value is -0.630. The molecule has 7 heteroatoms. The van der Waals surface area contributed by atoms with Crippen LogP contribution in [0.15, 0.2) is 29.4 Å². The molecule has 3 heterocycles. The van der Waals surface area contributed by atoms with Crippen molar-refractivity contribution < 1.29 is 8.42 Å². The molecule has 0 N–H and O–H groups in total. The lowest BCUT2D eigenvalue weighted by Gasteiger charge is -2.35. The number of thioether (sulfide) groups is 1. The number of likely N-dealkylation sites (tertiary alicyclic amines) is 1. The van der Waals surface area contributed by atoms with E-state index in [0.717, 1.165) is 37.6 Å². The third kappa shape index (κ3) is 4.26. The molecule has 2 saturated heterocycles. The van der Waals surface area contributed by atoms with Gasteiger partial charge in [-0.25, -0.2) is 8.42 Å². The molecule has 1 aromatic heterocycles. The van der Waals surface area contributed by atoms with Crippen molar-refractivity contribution in [3.8, 4) is 0 Å². The largest absolute Gasteiger partial charge is 0.302 e. The number of rotatable bonds is 4. The van der Waals surface area contributed by atoms with E-state index in [1.54, 1.807) is 22.6 Å². The van der Waals surface area contributed by atoms with Crippen LogP contribution in [0, 0.1) is 0 Å². The van der Waals surface area contributed by atoms with E-state index in [2.05, 4.69) is 9.88 Å². The molecule has 0 radical (unpaired) electrons. The van der Waals surface area contributed by atoms with E-state index in [0.29, 0.717) is 11.4 Å². The summed E-state index contributed by atoms with van der Waals surface area (Å²) in [4.78, 5) is 6.74. The Bertz CT molecular complexity index is 589. The molecule has 5 nitrogen and oxygen atoms in total. The van der Waals surface area contributed by atoms with Crippen LogP contribution in [0.1, 0.15) is 25.7 Å². The first kappa shape index (κ1) is 17.2. The zero-order valence-electron chi connectivity index (χ0n) is 13.4. The Morgan fingerprint density at radius 1 is 1.17 bits per heavy atom. The van der Waals surface area contributed by atoms with Crippen LogP contribution in [0.2, 0.25) is 0 Å². The van der Waals surface area contributed by atoms with Gasteiger partial charge in [0.05, 0.1) is 0 Å². The number of hydrogen-bond donors (Lipinski definition) is 0. The van der Waals surface area contributed by atoms with Crippen molar-refractivity contribution in [2.24, 2.45) is 0 Å². The summed E-state index contributed by atoms with van der Waals surface area (Å²) in [5.74, 6) is 1.92. The second-order valence-electron chi connectivity index (χ2n) is 6.25. The minimum Gasteiger partial charge on any atom is -0.302 e. The van der Waals surface area contributed by atoms with Gasteiger partial charge in [-0.05, 0) is 50.2 Å². The van der Waals surface area contributed by atoms with Crippen molar-refractivity contribution in [1.82, 2.24) is 14.2 Å². The topological polar surface area (TPSA) is 53.5 Å². The van der Waals surface area contributed by atoms with Gasteiger partial charge in [0.2, 0.25) is 10.0 Å². The maximum atomic E-state index is 13.1. The van der Waals surface area contributed by atoms with Crippen molar-refractivity contribution in [3.05, 3.63) is 24.5 Å². The lowest BCUT2D eigenvalue weighted by Crippen LogP contribution is -2.49. The average Bonchev–Trinajstić information content (AvgIpc) is 2.82. The van der Waals surface area contributed by atoms with Gasteiger partial charge in [0.15, 0.2) is 0 Å². The van der Waals surface area contributed by atoms with E-state index in [1.807, 2.05) is 11.8 Å². The Balaban J connectivity index is 1.80. The van der Waals surface area contributed by atoms with Gasteiger partial charge >= 0.3 is 0 Å². The number of pyridine rings is 1. The van der Waals surface area contributed by atoms with Gasteiger partial charge in [-0.2, -0.15) is 16.1 Å². The second kappa shape index (κ2) is 7.96. The number of nitrogens with zero attached hydrogens (tertiary/aromatic N) is 3. The molecule has 1 aromatic rings. The Kier molecular flexibility index (Phi) is 5.96. The predicted octanol–water partition coefficient (Wildman–Crippen LogP) is 2.06. The number of piperidine rings is 1. The SMILES string of the molecule is O=S(=O)(c1cccnc1)N1CCCSCC1CN1CCCCC1. The van der Waals surface area contributed by atoms with Crippen LogP contribution in [0.25, 0.3) is 0 Å².